The Morgan fingerprint density at radius 1 is 0.481 bits per heavy atom. The average Bonchev–Trinajstić information content (AvgIpc) is 3.17. The number of aliphatic carboxylic acids is 1. The molecule has 0 saturated heterocycles. The van der Waals surface area contributed by atoms with Gasteiger partial charge in [0.2, 0.25) is 0 Å². The molecule has 0 aromatic heterocycles. The van der Waals surface area contributed by atoms with Gasteiger partial charge < -0.3 is 10.0 Å². The monoisotopic (exact) mass is 756 g/mol. The number of carboxylic acid groups (broad SMARTS) is 1. The van der Waals surface area contributed by atoms with Gasteiger partial charge in [0.25, 0.3) is 0 Å². The quantitative estimate of drug-likeness (QED) is 0.0498. The van der Waals surface area contributed by atoms with Crippen LogP contribution in [0.5, 0.6) is 0 Å². The van der Waals surface area contributed by atoms with Crippen LogP contribution in [0, 0.1) is 11.8 Å². The van der Waals surface area contributed by atoms with Crippen LogP contribution in [-0.2, 0) is 4.79 Å². The summed E-state index contributed by atoms with van der Waals surface area (Å²) in [7, 11) is 0. The molecule has 2 atom stereocenters. The van der Waals surface area contributed by atoms with E-state index in [2.05, 4.69) is 71.0 Å². The summed E-state index contributed by atoms with van der Waals surface area (Å²) in [5, 5.41) is 10.7. The lowest BCUT2D eigenvalue weighted by atomic mass is 9.86. The van der Waals surface area contributed by atoms with Gasteiger partial charge in [-0.25, -0.2) is 0 Å². The van der Waals surface area contributed by atoms with Crippen LogP contribution in [0.4, 0.5) is 0 Å². The van der Waals surface area contributed by atoms with E-state index in [9.17, 15) is 9.90 Å². The highest BCUT2D eigenvalue weighted by atomic mass is 16.4. The fourth-order valence-corrected chi connectivity index (χ4v) is 7.97. The molecule has 0 radical (unpaired) electrons. The Labute approximate surface area is 340 Å². The number of hydrogen-bond donors (Lipinski definition) is 1. The number of carboxylic acids is 1. The molecule has 3 heteroatoms. The molecule has 2 unspecified atom stereocenters. The lowest BCUT2D eigenvalue weighted by Gasteiger charge is -2.28. The van der Waals surface area contributed by atoms with E-state index in [-0.39, 0.29) is 11.8 Å². The molecule has 0 aromatic carbocycles. The second-order valence-electron chi connectivity index (χ2n) is 16.9. The van der Waals surface area contributed by atoms with Crippen LogP contribution in [0.3, 0.4) is 0 Å². The first kappa shape index (κ1) is 52.5. The van der Waals surface area contributed by atoms with E-state index in [1.165, 1.54) is 185 Å². The van der Waals surface area contributed by atoms with Gasteiger partial charge in [0.15, 0.2) is 0 Å². The van der Waals surface area contributed by atoms with Crippen molar-refractivity contribution in [1.82, 2.24) is 4.90 Å². The zero-order valence-corrected chi connectivity index (χ0v) is 37.7. The van der Waals surface area contributed by atoms with Crippen molar-refractivity contribution in [2.24, 2.45) is 11.8 Å². The van der Waals surface area contributed by atoms with Crippen molar-refractivity contribution in [3.05, 3.63) is 35.7 Å². The summed E-state index contributed by atoms with van der Waals surface area (Å²) in [5.41, 5.74) is 3.01. The molecule has 0 heterocycles. The number of nitrogens with zero attached hydrogens (tertiary/aromatic N) is 1. The molecule has 0 aliphatic heterocycles. The third-order valence-corrected chi connectivity index (χ3v) is 11.8. The summed E-state index contributed by atoms with van der Waals surface area (Å²) in [6, 6.07) is 0. The van der Waals surface area contributed by atoms with Gasteiger partial charge in [-0.3, -0.25) is 4.79 Å². The van der Waals surface area contributed by atoms with Gasteiger partial charge in [0.05, 0.1) is 5.92 Å². The van der Waals surface area contributed by atoms with Crippen molar-refractivity contribution < 1.29 is 9.90 Å². The summed E-state index contributed by atoms with van der Waals surface area (Å²) in [5.74, 6) is -0.925. The molecular formula is C51H97NO2. The Balaban J connectivity index is 5.63. The van der Waals surface area contributed by atoms with Crippen LogP contribution in [0.1, 0.15) is 266 Å². The highest BCUT2D eigenvalue weighted by molar-refractivity contribution is 5.70. The van der Waals surface area contributed by atoms with Gasteiger partial charge in [-0.15, -0.1) is 0 Å². The van der Waals surface area contributed by atoms with E-state index in [4.69, 9.17) is 0 Å². The molecule has 0 fully saturated rings. The Kier molecular flexibility index (Phi) is 40.0. The standard InChI is InChI=1S/C51H97NO2/c1-7-13-17-21-23-24-25-26-27-28-29-30-31-33-34-38-42-49(50(51(53)54)43-39-35-32-22-18-14-8-2)46-52(44-47(11-5)40-36-19-15-9-3)45-48(12-6)41-37-20-16-10-4/h38,42,44-45,49-50H,7-37,39-41,43,46H2,1-6H3,(H,53,54)/b42-38-,47-44-,48-45-. The number of allylic oxidation sites excluding steroid dienone is 3. The van der Waals surface area contributed by atoms with Gasteiger partial charge in [-0.2, -0.15) is 0 Å². The molecular weight excluding hydrogens is 659 g/mol. The summed E-state index contributed by atoms with van der Waals surface area (Å²) >= 11 is 0. The molecule has 54 heavy (non-hydrogen) atoms. The lowest BCUT2D eigenvalue weighted by Crippen LogP contribution is -2.31. The number of rotatable bonds is 42. The van der Waals surface area contributed by atoms with Crippen LogP contribution >= 0.6 is 0 Å². The second-order valence-corrected chi connectivity index (χ2v) is 16.9. The molecule has 0 bridgehead atoms. The number of carbonyl (C=O) groups is 1. The van der Waals surface area contributed by atoms with Crippen molar-refractivity contribution in [2.45, 2.75) is 266 Å². The lowest BCUT2D eigenvalue weighted by molar-refractivity contribution is -0.143. The van der Waals surface area contributed by atoms with Crippen LogP contribution in [0.2, 0.25) is 0 Å². The van der Waals surface area contributed by atoms with Crippen molar-refractivity contribution in [1.29, 1.82) is 0 Å². The molecule has 318 valence electrons. The Bertz CT molecular complexity index is 858. The van der Waals surface area contributed by atoms with Crippen LogP contribution in [0.25, 0.3) is 0 Å². The molecule has 0 amide bonds. The first-order chi connectivity index (χ1) is 26.5. The van der Waals surface area contributed by atoms with Crippen molar-refractivity contribution in [3.8, 4) is 0 Å². The second kappa shape index (κ2) is 41.1. The maximum absolute atomic E-state index is 13.0. The minimum absolute atomic E-state index is 0.0122. The Morgan fingerprint density at radius 2 is 0.833 bits per heavy atom. The summed E-state index contributed by atoms with van der Waals surface area (Å²) in [4.78, 5) is 15.4. The minimum Gasteiger partial charge on any atom is -0.481 e. The minimum atomic E-state index is -0.606. The largest absolute Gasteiger partial charge is 0.481 e. The smallest absolute Gasteiger partial charge is 0.307 e. The molecule has 0 saturated carbocycles. The molecule has 0 aliphatic carbocycles. The van der Waals surface area contributed by atoms with E-state index in [1.807, 2.05) is 0 Å². The van der Waals surface area contributed by atoms with Crippen LogP contribution in [0.15, 0.2) is 35.7 Å². The Morgan fingerprint density at radius 3 is 1.20 bits per heavy atom. The zero-order chi connectivity index (χ0) is 39.7. The van der Waals surface area contributed by atoms with Gasteiger partial charge in [-0.1, -0.05) is 232 Å². The highest BCUT2D eigenvalue weighted by Gasteiger charge is 2.27. The summed E-state index contributed by atoms with van der Waals surface area (Å²) in [6.45, 7) is 14.5. The van der Waals surface area contributed by atoms with E-state index >= 15 is 0 Å². The predicted molar refractivity (Wildman–Crippen MR) is 242 cm³/mol. The predicted octanol–water partition coefficient (Wildman–Crippen LogP) is 17.7. The van der Waals surface area contributed by atoms with Crippen LogP contribution < -0.4 is 0 Å². The normalized spacial score (nSPS) is 13.6. The molecule has 0 aliphatic rings. The summed E-state index contributed by atoms with van der Waals surface area (Å²) < 4.78 is 0. The molecule has 0 aromatic rings. The highest BCUT2D eigenvalue weighted by Crippen LogP contribution is 2.27. The van der Waals surface area contributed by atoms with E-state index in [0.29, 0.717) is 0 Å². The SMILES string of the molecule is CCCCCCCCCCCCCCCC/C=C\C(CN(/C=C(/CC)CCCCCC)/C=C(/CC)CCCCCC)C(CCCCCCCCC)C(=O)O. The van der Waals surface area contributed by atoms with Gasteiger partial charge in [0.1, 0.15) is 0 Å². The fraction of sp³-hybridized carbons (Fsp3) is 0.863. The average molecular weight is 756 g/mol. The molecule has 1 N–H and O–H groups in total. The van der Waals surface area contributed by atoms with Gasteiger partial charge >= 0.3 is 5.97 Å². The Hall–Kier alpha value is -1.51. The molecule has 0 rings (SSSR count). The first-order valence-electron chi connectivity index (χ1n) is 24.5. The van der Waals surface area contributed by atoms with Crippen molar-refractivity contribution in [2.75, 3.05) is 6.54 Å². The van der Waals surface area contributed by atoms with Crippen molar-refractivity contribution >= 4 is 5.97 Å². The number of hydrogen-bond acceptors (Lipinski definition) is 2. The summed E-state index contributed by atoms with van der Waals surface area (Å²) in [6.07, 6.45) is 54.0. The zero-order valence-electron chi connectivity index (χ0n) is 37.7. The third-order valence-electron chi connectivity index (χ3n) is 11.8. The van der Waals surface area contributed by atoms with Crippen molar-refractivity contribution in [3.63, 3.8) is 0 Å². The topological polar surface area (TPSA) is 40.5 Å². The van der Waals surface area contributed by atoms with E-state index in [0.717, 1.165) is 57.9 Å². The van der Waals surface area contributed by atoms with Crippen LogP contribution in [-0.4, -0.2) is 22.5 Å². The maximum Gasteiger partial charge on any atom is 0.307 e. The molecule has 3 nitrogen and oxygen atoms in total. The maximum atomic E-state index is 13.0. The first-order valence-corrected chi connectivity index (χ1v) is 24.5. The van der Waals surface area contributed by atoms with Gasteiger partial charge in [0, 0.05) is 24.9 Å². The fourth-order valence-electron chi connectivity index (χ4n) is 7.97. The molecule has 0 spiro atoms. The third kappa shape index (κ3) is 32.7. The number of unbranched alkanes of at least 4 members (excludes halogenated alkanes) is 26. The van der Waals surface area contributed by atoms with E-state index < -0.39 is 5.97 Å². The van der Waals surface area contributed by atoms with E-state index in [1.54, 1.807) is 0 Å². The van der Waals surface area contributed by atoms with Gasteiger partial charge in [-0.05, 0) is 57.8 Å².